The first-order valence-corrected chi connectivity index (χ1v) is 5.68. The van der Waals surface area contributed by atoms with E-state index in [1.165, 1.54) is 0 Å². The van der Waals surface area contributed by atoms with Crippen LogP contribution in [0.1, 0.15) is 30.6 Å². The summed E-state index contributed by atoms with van der Waals surface area (Å²) in [5.74, 6) is 1.28. The van der Waals surface area contributed by atoms with Gasteiger partial charge in [0.15, 0.2) is 11.5 Å². The second kappa shape index (κ2) is 6.47. The minimum atomic E-state index is -0.566. The molecule has 96 valence electrons. The highest BCUT2D eigenvalue weighted by atomic mass is 16.5. The van der Waals surface area contributed by atoms with E-state index in [4.69, 9.17) is 14.6 Å². The summed E-state index contributed by atoms with van der Waals surface area (Å²) in [4.78, 5) is 0. The van der Waals surface area contributed by atoms with Crippen molar-refractivity contribution in [2.75, 3.05) is 20.8 Å². The molecule has 17 heavy (non-hydrogen) atoms. The van der Waals surface area contributed by atoms with Crippen LogP contribution in [0.15, 0.2) is 12.1 Å². The van der Waals surface area contributed by atoms with E-state index in [2.05, 4.69) is 0 Å². The molecule has 1 atom stereocenters. The number of methoxy groups -OCH3 is 2. The molecule has 0 aromatic heterocycles. The van der Waals surface area contributed by atoms with Gasteiger partial charge in [-0.25, -0.2) is 0 Å². The average Bonchev–Trinajstić information content (AvgIpc) is 2.34. The first-order valence-electron chi connectivity index (χ1n) is 5.68. The van der Waals surface area contributed by atoms with Crippen LogP contribution in [0, 0.1) is 0 Å². The van der Waals surface area contributed by atoms with Crippen LogP contribution in [0.5, 0.6) is 11.5 Å². The molecule has 4 heteroatoms. The van der Waals surface area contributed by atoms with E-state index in [-0.39, 0.29) is 6.61 Å². The Bertz CT molecular complexity index is 361. The summed E-state index contributed by atoms with van der Waals surface area (Å²) >= 11 is 0. The second-order valence-electron chi connectivity index (χ2n) is 3.87. The fourth-order valence-electron chi connectivity index (χ4n) is 1.91. The Kier molecular flexibility index (Phi) is 5.25. The van der Waals surface area contributed by atoms with Crippen LogP contribution in [0.2, 0.25) is 0 Å². The van der Waals surface area contributed by atoms with Gasteiger partial charge in [0.1, 0.15) is 0 Å². The molecule has 0 spiro atoms. The maximum Gasteiger partial charge on any atom is 0.164 e. The Balaban J connectivity index is 3.23. The van der Waals surface area contributed by atoms with Crippen LogP contribution in [0.3, 0.4) is 0 Å². The zero-order valence-electron chi connectivity index (χ0n) is 10.6. The molecule has 0 aliphatic carbocycles. The van der Waals surface area contributed by atoms with Crippen LogP contribution in [0.25, 0.3) is 0 Å². The van der Waals surface area contributed by atoms with Crippen molar-refractivity contribution in [1.82, 2.24) is 0 Å². The van der Waals surface area contributed by atoms with Crippen molar-refractivity contribution in [3.05, 3.63) is 23.3 Å². The second-order valence-corrected chi connectivity index (χ2v) is 3.87. The standard InChI is InChI=1S/C13H20O4/c1-9(15)10-6-7-12(16-2)13(17-3)11(10)5-4-8-14/h6-7,9,14-15H,4-5,8H2,1-3H3/t9-/m1/s1. The van der Waals surface area contributed by atoms with E-state index in [0.29, 0.717) is 24.3 Å². The Morgan fingerprint density at radius 1 is 1.24 bits per heavy atom. The fourth-order valence-corrected chi connectivity index (χ4v) is 1.91. The van der Waals surface area contributed by atoms with Crippen LogP contribution in [0.4, 0.5) is 0 Å². The first-order chi connectivity index (χ1) is 8.15. The fraction of sp³-hybridized carbons (Fsp3) is 0.538. The molecule has 1 aromatic rings. The van der Waals surface area contributed by atoms with E-state index >= 15 is 0 Å². The average molecular weight is 240 g/mol. The van der Waals surface area contributed by atoms with Crippen molar-refractivity contribution in [2.24, 2.45) is 0 Å². The van der Waals surface area contributed by atoms with Crippen molar-refractivity contribution < 1.29 is 19.7 Å². The number of benzene rings is 1. The third kappa shape index (κ3) is 3.11. The zero-order chi connectivity index (χ0) is 12.8. The number of hydrogen-bond acceptors (Lipinski definition) is 4. The summed E-state index contributed by atoms with van der Waals surface area (Å²) in [6, 6.07) is 3.61. The van der Waals surface area contributed by atoms with Gasteiger partial charge < -0.3 is 19.7 Å². The SMILES string of the molecule is COc1ccc([C@@H](C)O)c(CCCO)c1OC. The molecule has 0 aliphatic rings. The minimum Gasteiger partial charge on any atom is -0.493 e. The predicted molar refractivity (Wildman–Crippen MR) is 65.6 cm³/mol. The van der Waals surface area contributed by atoms with Gasteiger partial charge in [0.2, 0.25) is 0 Å². The molecule has 0 unspecified atom stereocenters. The summed E-state index contributed by atoms with van der Waals surface area (Å²) in [6.45, 7) is 1.82. The highest BCUT2D eigenvalue weighted by molar-refractivity contribution is 5.51. The van der Waals surface area contributed by atoms with Gasteiger partial charge in [-0.2, -0.15) is 0 Å². The number of rotatable bonds is 6. The molecule has 0 aliphatic heterocycles. The topological polar surface area (TPSA) is 58.9 Å². The molecule has 0 saturated heterocycles. The lowest BCUT2D eigenvalue weighted by Gasteiger charge is -2.18. The molecule has 1 rings (SSSR count). The molecule has 1 aromatic carbocycles. The summed E-state index contributed by atoms with van der Waals surface area (Å²) in [5.41, 5.74) is 1.71. The van der Waals surface area contributed by atoms with Gasteiger partial charge in [0, 0.05) is 12.2 Å². The maximum absolute atomic E-state index is 9.73. The van der Waals surface area contributed by atoms with Gasteiger partial charge in [0.25, 0.3) is 0 Å². The van der Waals surface area contributed by atoms with Crippen LogP contribution < -0.4 is 9.47 Å². The van der Waals surface area contributed by atoms with Gasteiger partial charge in [-0.15, -0.1) is 0 Å². The summed E-state index contributed by atoms with van der Waals surface area (Å²) in [7, 11) is 3.15. The first kappa shape index (κ1) is 13.8. The van der Waals surface area contributed by atoms with Crippen molar-refractivity contribution in [2.45, 2.75) is 25.9 Å². The highest BCUT2D eigenvalue weighted by Crippen LogP contribution is 2.36. The Morgan fingerprint density at radius 2 is 1.94 bits per heavy atom. The molecule has 0 radical (unpaired) electrons. The summed E-state index contributed by atoms with van der Waals surface area (Å²) in [6.07, 6.45) is 0.712. The molecule has 0 heterocycles. The Morgan fingerprint density at radius 3 is 2.41 bits per heavy atom. The quantitative estimate of drug-likeness (QED) is 0.794. The van der Waals surface area contributed by atoms with Crippen LogP contribution in [-0.4, -0.2) is 31.0 Å². The molecule has 0 bridgehead atoms. The Hall–Kier alpha value is -1.26. The van der Waals surface area contributed by atoms with E-state index in [1.54, 1.807) is 27.2 Å². The largest absolute Gasteiger partial charge is 0.493 e. The highest BCUT2D eigenvalue weighted by Gasteiger charge is 2.17. The number of hydrogen-bond donors (Lipinski definition) is 2. The lowest BCUT2D eigenvalue weighted by molar-refractivity contribution is 0.196. The lowest BCUT2D eigenvalue weighted by atomic mass is 9.97. The molecular weight excluding hydrogens is 220 g/mol. The molecule has 4 nitrogen and oxygen atoms in total. The van der Waals surface area contributed by atoms with Gasteiger partial charge in [-0.05, 0) is 31.4 Å². The van der Waals surface area contributed by atoms with Gasteiger partial charge in [-0.3, -0.25) is 0 Å². The third-order valence-corrected chi connectivity index (χ3v) is 2.72. The van der Waals surface area contributed by atoms with E-state index in [0.717, 1.165) is 11.1 Å². The van der Waals surface area contributed by atoms with E-state index < -0.39 is 6.10 Å². The zero-order valence-corrected chi connectivity index (χ0v) is 10.6. The monoisotopic (exact) mass is 240 g/mol. The van der Waals surface area contributed by atoms with E-state index in [9.17, 15) is 5.11 Å². The smallest absolute Gasteiger partial charge is 0.164 e. The minimum absolute atomic E-state index is 0.111. The van der Waals surface area contributed by atoms with Crippen molar-refractivity contribution in [3.63, 3.8) is 0 Å². The predicted octanol–water partition coefficient (Wildman–Crippen LogP) is 1.68. The number of ether oxygens (including phenoxy) is 2. The van der Waals surface area contributed by atoms with Gasteiger partial charge in [-0.1, -0.05) is 6.07 Å². The van der Waals surface area contributed by atoms with Gasteiger partial charge >= 0.3 is 0 Å². The van der Waals surface area contributed by atoms with Crippen molar-refractivity contribution in [3.8, 4) is 11.5 Å². The molecular formula is C13H20O4. The Labute approximate surface area is 102 Å². The maximum atomic E-state index is 9.73. The van der Waals surface area contributed by atoms with Crippen molar-refractivity contribution in [1.29, 1.82) is 0 Å². The molecule has 0 fully saturated rings. The third-order valence-electron chi connectivity index (χ3n) is 2.72. The number of aliphatic hydroxyl groups is 2. The van der Waals surface area contributed by atoms with Crippen LogP contribution >= 0.6 is 0 Å². The summed E-state index contributed by atoms with van der Waals surface area (Å²) < 4.78 is 10.6. The van der Waals surface area contributed by atoms with Gasteiger partial charge in [0.05, 0.1) is 20.3 Å². The summed E-state index contributed by atoms with van der Waals surface area (Å²) in [5, 5.41) is 18.6. The molecule has 2 N–H and O–H groups in total. The normalized spacial score (nSPS) is 12.3. The number of aliphatic hydroxyl groups excluding tert-OH is 2. The molecule has 0 amide bonds. The van der Waals surface area contributed by atoms with Crippen molar-refractivity contribution >= 4 is 0 Å². The van der Waals surface area contributed by atoms with Crippen LogP contribution in [-0.2, 0) is 6.42 Å². The van der Waals surface area contributed by atoms with E-state index in [1.807, 2.05) is 6.07 Å². The lowest BCUT2D eigenvalue weighted by Crippen LogP contribution is -2.04. The molecule has 0 saturated carbocycles.